The van der Waals surface area contributed by atoms with Crippen LogP contribution in [0.4, 0.5) is 0 Å². The normalized spacial score (nSPS) is 11.4. The Morgan fingerprint density at radius 3 is 2.68 bits per heavy atom. The number of benzene rings is 2. The van der Waals surface area contributed by atoms with Gasteiger partial charge in [0.2, 0.25) is 5.91 Å². The first kappa shape index (κ1) is 18.2. The highest BCUT2D eigenvalue weighted by Gasteiger charge is 2.09. The lowest BCUT2D eigenvalue weighted by atomic mass is 10.1. The maximum atomic E-state index is 12.3. The molecule has 0 unspecified atom stereocenters. The Hall–Kier alpha value is -3.15. The number of aryl methyl sites for hydroxylation is 4. The molecule has 0 saturated carbocycles. The molecular formula is C22H25N5O. The molecule has 2 aromatic carbocycles. The zero-order valence-corrected chi connectivity index (χ0v) is 16.6. The fourth-order valence-electron chi connectivity index (χ4n) is 3.53. The van der Waals surface area contributed by atoms with Crippen LogP contribution in [0.5, 0.6) is 0 Å². The summed E-state index contributed by atoms with van der Waals surface area (Å²) in [5, 5.41) is 3.01. The molecule has 2 aromatic heterocycles. The van der Waals surface area contributed by atoms with Gasteiger partial charge in [0.05, 0.1) is 28.4 Å². The van der Waals surface area contributed by atoms with Crippen LogP contribution in [-0.2, 0) is 24.8 Å². The third-order valence-corrected chi connectivity index (χ3v) is 5.37. The number of fused-ring (bicyclic) bond motifs is 2. The zero-order chi connectivity index (χ0) is 19.7. The first-order valence-corrected chi connectivity index (χ1v) is 9.62. The van der Waals surface area contributed by atoms with E-state index < -0.39 is 0 Å². The molecule has 0 radical (unpaired) electrons. The minimum atomic E-state index is 0.0458. The number of hydrogen-bond acceptors (Lipinski definition) is 3. The highest BCUT2D eigenvalue weighted by molar-refractivity contribution is 5.79. The van der Waals surface area contributed by atoms with E-state index in [-0.39, 0.29) is 5.91 Å². The van der Waals surface area contributed by atoms with E-state index >= 15 is 0 Å². The van der Waals surface area contributed by atoms with E-state index in [1.54, 1.807) is 0 Å². The van der Waals surface area contributed by atoms with Crippen molar-refractivity contribution in [3.8, 4) is 0 Å². The summed E-state index contributed by atoms with van der Waals surface area (Å²) < 4.78 is 4.14. The summed E-state index contributed by atoms with van der Waals surface area (Å²) >= 11 is 0. The van der Waals surface area contributed by atoms with Crippen LogP contribution in [0.15, 0.2) is 42.7 Å². The average molecular weight is 375 g/mol. The molecule has 1 N–H and O–H groups in total. The van der Waals surface area contributed by atoms with Crippen molar-refractivity contribution in [1.29, 1.82) is 0 Å². The van der Waals surface area contributed by atoms with Crippen LogP contribution in [-0.4, -0.2) is 31.6 Å². The number of imidazole rings is 2. The predicted molar refractivity (Wildman–Crippen MR) is 111 cm³/mol. The van der Waals surface area contributed by atoms with Crippen LogP contribution in [0.1, 0.15) is 23.4 Å². The largest absolute Gasteiger partial charge is 0.356 e. The number of rotatable bonds is 6. The number of aromatic nitrogens is 4. The average Bonchev–Trinajstić information content (AvgIpc) is 3.22. The van der Waals surface area contributed by atoms with Gasteiger partial charge in [0.25, 0.3) is 0 Å². The van der Waals surface area contributed by atoms with Gasteiger partial charge in [-0.25, -0.2) is 9.97 Å². The molecule has 0 atom stereocenters. The van der Waals surface area contributed by atoms with E-state index in [1.165, 1.54) is 11.1 Å². The second kappa shape index (κ2) is 7.46. The Bertz CT molecular complexity index is 1150. The minimum Gasteiger partial charge on any atom is -0.356 e. The maximum absolute atomic E-state index is 12.3. The number of amides is 1. The Morgan fingerprint density at radius 1 is 1.07 bits per heavy atom. The van der Waals surface area contributed by atoms with Crippen LogP contribution < -0.4 is 5.32 Å². The van der Waals surface area contributed by atoms with E-state index in [9.17, 15) is 4.79 Å². The molecule has 6 heteroatoms. The van der Waals surface area contributed by atoms with E-state index in [4.69, 9.17) is 0 Å². The van der Waals surface area contributed by atoms with Crippen LogP contribution in [0, 0.1) is 13.8 Å². The van der Waals surface area contributed by atoms with Gasteiger partial charge >= 0.3 is 0 Å². The highest BCUT2D eigenvalue weighted by atomic mass is 16.1. The van der Waals surface area contributed by atoms with Gasteiger partial charge in [-0.2, -0.15) is 0 Å². The lowest BCUT2D eigenvalue weighted by Gasteiger charge is -2.08. The topological polar surface area (TPSA) is 64.7 Å². The zero-order valence-electron chi connectivity index (χ0n) is 16.6. The molecule has 0 aliphatic heterocycles. The number of para-hydroxylation sites is 2. The summed E-state index contributed by atoms with van der Waals surface area (Å²) in [5.41, 5.74) is 6.63. The van der Waals surface area contributed by atoms with Crippen molar-refractivity contribution in [2.24, 2.45) is 7.05 Å². The fourth-order valence-corrected chi connectivity index (χ4v) is 3.53. The summed E-state index contributed by atoms with van der Waals surface area (Å²) in [6.07, 6.45) is 2.96. The summed E-state index contributed by atoms with van der Waals surface area (Å²) in [6.45, 7) is 5.39. The van der Waals surface area contributed by atoms with Crippen molar-refractivity contribution in [3.05, 3.63) is 59.7 Å². The smallest absolute Gasteiger partial charge is 0.221 e. The maximum Gasteiger partial charge on any atom is 0.221 e. The Labute approximate surface area is 164 Å². The van der Waals surface area contributed by atoms with E-state index in [1.807, 2.05) is 36.1 Å². The number of carbonyl (C=O) groups is 1. The number of nitrogens with zero attached hydrogens (tertiary/aromatic N) is 4. The van der Waals surface area contributed by atoms with Gasteiger partial charge in [-0.05, 0) is 49.2 Å². The monoisotopic (exact) mass is 375 g/mol. The van der Waals surface area contributed by atoms with Crippen molar-refractivity contribution in [1.82, 2.24) is 24.4 Å². The molecule has 4 aromatic rings. The van der Waals surface area contributed by atoms with Gasteiger partial charge in [-0.1, -0.05) is 12.1 Å². The van der Waals surface area contributed by atoms with Crippen molar-refractivity contribution >= 4 is 28.0 Å². The predicted octanol–water partition coefficient (Wildman–Crippen LogP) is 3.29. The molecule has 6 nitrogen and oxygen atoms in total. The Kier molecular flexibility index (Phi) is 4.86. The molecule has 0 spiro atoms. The summed E-state index contributed by atoms with van der Waals surface area (Å²) in [4.78, 5) is 21.4. The molecule has 28 heavy (non-hydrogen) atoms. The molecule has 2 heterocycles. The van der Waals surface area contributed by atoms with Crippen molar-refractivity contribution in [2.75, 3.05) is 6.54 Å². The molecular weight excluding hydrogens is 350 g/mol. The molecule has 0 fully saturated rings. The molecule has 0 bridgehead atoms. The lowest BCUT2D eigenvalue weighted by Crippen LogP contribution is -2.27. The molecule has 0 aliphatic carbocycles. The van der Waals surface area contributed by atoms with Gasteiger partial charge in [0.1, 0.15) is 5.82 Å². The van der Waals surface area contributed by atoms with Crippen molar-refractivity contribution in [2.45, 2.75) is 33.2 Å². The summed E-state index contributed by atoms with van der Waals surface area (Å²) in [7, 11) is 2.01. The molecule has 0 aliphatic rings. The summed E-state index contributed by atoms with van der Waals surface area (Å²) in [5.74, 6) is 1.03. The molecule has 4 rings (SSSR count). The Balaban J connectivity index is 1.32. The molecule has 144 valence electrons. The Morgan fingerprint density at radius 2 is 1.86 bits per heavy atom. The standard InChI is InChI=1S/C22H25N5O/c1-15-12-18-20(13-16(15)2)27(14-24-18)11-9-22(28)23-10-8-21-25-17-6-4-5-7-19(17)26(21)3/h4-7,12-14H,8-11H2,1-3H3,(H,23,28). The van der Waals surface area contributed by atoms with E-state index in [0.29, 0.717) is 25.9 Å². The van der Waals surface area contributed by atoms with Gasteiger partial charge in [0.15, 0.2) is 0 Å². The highest BCUT2D eigenvalue weighted by Crippen LogP contribution is 2.18. The van der Waals surface area contributed by atoms with Gasteiger partial charge in [-0.15, -0.1) is 0 Å². The number of hydrogen-bond donors (Lipinski definition) is 1. The van der Waals surface area contributed by atoms with E-state index in [2.05, 4.69) is 51.9 Å². The van der Waals surface area contributed by atoms with Crippen LogP contribution in [0.25, 0.3) is 22.1 Å². The van der Waals surface area contributed by atoms with Gasteiger partial charge in [0, 0.05) is 33.0 Å². The van der Waals surface area contributed by atoms with Crippen molar-refractivity contribution in [3.63, 3.8) is 0 Å². The number of carbonyl (C=O) groups excluding carboxylic acids is 1. The van der Waals surface area contributed by atoms with Crippen LogP contribution in [0.2, 0.25) is 0 Å². The number of nitrogens with one attached hydrogen (secondary N) is 1. The van der Waals surface area contributed by atoms with Crippen molar-refractivity contribution < 1.29 is 4.79 Å². The molecule has 0 saturated heterocycles. The van der Waals surface area contributed by atoms with Crippen LogP contribution in [0.3, 0.4) is 0 Å². The third kappa shape index (κ3) is 3.50. The SMILES string of the molecule is Cc1cc2ncn(CCC(=O)NCCc3nc4ccccc4n3C)c2cc1C. The second-order valence-electron chi connectivity index (χ2n) is 7.29. The lowest BCUT2D eigenvalue weighted by molar-refractivity contribution is -0.121. The molecule has 1 amide bonds. The van der Waals surface area contributed by atoms with E-state index in [0.717, 1.165) is 27.9 Å². The second-order valence-corrected chi connectivity index (χ2v) is 7.29. The third-order valence-electron chi connectivity index (χ3n) is 5.37. The quantitative estimate of drug-likeness (QED) is 0.562. The first-order valence-electron chi connectivity index (χ1n) is 9.62. The van der Waals surface area contributed by atoms with Crippen LogP contribution >= 0.6 is 0 Å². The first-order chi connectivity index (χ1) is 13.5. The summed E-state index contributed by atoms with van der Waals surface area (Å²) in [6, 6.07) is 12.3. The fraction of sp³-hybridized carbons (Fsp3) is 0.318. The van der Waals surface area contributed by atoms with Gasteiger partial charge in [-0.3, -0.25) is 4.79 Å². The van der Waals surface area contributed by atoms with Gasteiger partial charge < -0.3 is 14.5 Å². The minimum absolute atomic E-state index is 0.0458.